The third-order valence-electron chi connectivity index (χ3n) is 2.39. The van der Waals surface area contributed by atoms with Crippen LogP contribution in [0.1, 0.15) is 31.3 Å². The highest BCUT2D eigenvalue weighted by molar-refractivity contribution is 5.97. The molecule has 0 spiro atoms. The minimum atomic E-state index is -0.0648. The van der Waals surface area contributed by atoms with Crippen molar-refractivity contribution in [1.82, 2.24) is 14.7 Å². The summed E-state index contributed by atoms with van der Waals surface area (Å²) in [6.45, 7) is 6.58. The number of anilines is 1. The summed E-state index contributed by atoms with van der Waals surface area (Å²) < 4.78 is 1.52. The van der Waals surface area contributed by atoms with Crippen LogP contribution in [0.4, 0.5) is 5.69 Å². The molecule has 0 aliphatic rings. The quantitative estimate of drug-likeness (QED) is 0.805. The molecule has 84 valence electrons. The van der Waals surface area contributed by atoms with E-state index in [-0.39, 0.29) is 11.9 Å². The lowest BCUT2D eigenvalue weighted by atomic mass is 10.2. The zero-order chi connectivity index (χ0) is 11.6. The Labute approximate surface area is 89.9 Å². The lowest BCUT2D eigenvalue weighted by molar-refractivity contribution is 0.0707. The molecular weight excluding hydrogens is 192 g/mol. The summed E-state index contributed by atoms with van der Waals surface area (Å²) in [5.41, 5.74) is 6.60. The number of hydrogen-bond acceptors (Lipinski definition) is 3. The van der Waals surface area contributed by atoms with E-state index in [0.29, 0.717) is 17.9 Å². The van der Waals surface area contributed by atoms with E-state index in [1.165, 1.54) is 10.9 Å². The summed E-state index contributed by atoms with van der Waals surface area (Å²) in [6, 6.07) is 0.164. The van der Waals surface area contributed by atoms with Gasteiger partial charge < -0.3 is 10.6 Å². The van der Waals surface area contributed by atoms with Gasteiger partial charge in [-0.3, -0.25) is 9.48 Å². The highest BCUT2D eigenvalue weighted by Crippen LogP contribution is 2.14. The van der Waals surface area contributed by atoms with E-state index >= 15 is 0 Å². The van der Waals surface area contributed by atoms with Gasteiger partial charge in [-0.2, -0.15) is 5.10 Å². The van der Waals surface area contributed by atoms with Gasteiger partial charge in [-0.1, -0.05) is 0 Å². The molecule has 1 amide bonds. The Morgan fingerprint density at radius 2 is 2.27 bits per heavy atom. The van der Waals surface area contributed by atoms with Crippen LogP contribution in [0.25, 0.3) is 0 Å². The summed E-state index contributed by atoms with van der Waals surface area (Å²) in [4.78, 5) is 13.9. The zero-order valence-electron chi connectivity index (χ0n) is 9.69. The van der Waals surface area contributed by atoms with E-state index in [1.54, 1.807) is 11.9 Å². The van der Waals surface area contributed by atoms with Gasteiger partial charge in [0.25, 0.3) is 5.91 Å². The number of carbonyl (C=O) groups is 1. The fraction of sp³-hybridized carbons (Fsp3) is 0.600. The first-order valence-corrected chi connectivity index (χ1v) is 5.07. The third kappa shape index (κ3) is 2.11. The normalized spacial score (nSPS) is 10.7. The number of hydrogen-bond donors (Lipinski definition) is 1. The number of aryl methyl sites for hydroxylation is 1. The number of aromatic nitrogens is 2. The van der Waals surface area contributed by atoms with Gasteiger partial charge in [0.15, 0.2) is 0 Å². The minimum Gasteiger partial charge on any atom is -0.396 e. The Morgan fingerprint density at radius 1 is 1.67 bits per heavy atom. The fourth-order valence-electron chi connectivity index (χ4n) is 1.60. The molecule has 1 aromatic heterocycles. The molecule has 0 unspecified atom stereocenters. The standard InChI is InChI=1S/C10H18N4O/c1-5-14(7(2)3)10(15)9-8(11)6-12-13(9)4/h6-7H,5,11H2,1-4H3. The fourth-order valence-corrected chi connectivity index (χ4v) is 1.60. The van der Waals surface area contributed by atoms with E-state index in [4.69, 9.17) is 5.73 Å². The first kappa shape index (κ1) is 11.6. The van der Waals surface area contributed by atoms with E-state index in [1.807, 2.05) is 20.8 Å². The molecule has 15 heavy (non-hydrogen) atoms. The van der Waals surface area contributed by atoms with Gasteiger partial charge in [0.1, 0.15) is 5.69 Å². The van der Waals surface area contributed by atoms with E-state index in [0.717, 1.165) is 0 Å². The van der Waals surface area contributed by atoms with Crippen molar-refractivity contribution in [2.75, 3.05) is 12.3 Å². The van der Waals surface area contributed by atoms with Gasteiger partial charge in [0, 0.05) is 19.6 Å². The lowest BCUT2D eigenvalue weighted by Crippen LogP contribution is -2.38. The van der Waals surface area contributed by atoms with E-state index < -0.39 is 0 Å². The molecule has 0 saturated heterocycles. The molecule has 0 aromatic carbocycles. The molecular formula is C10H18N4O. The largest absolute Gasteiger partial charge is 0.396 e. The average molecular weight is 210 g/mol. The Hall–Kier alpha value is -1.52. The van der Waals surface area contributed by atoms with Crippen molar-refractivity contribution in [1.29, 1.82) is 0 Å². The Morgan fingerprint density at radius 3 is 2.60 bits per heavy atom. The second-order valence-electron chi connectivity index (χ2n) is 3.76. The molecule has 0 atom stereocenters. The molecule has 5 heteroatoms. The van der Waals surface area contributed by atoms with Crippen molar-refractivity contribution in [3.05, 3.63) is 11.9 Å². The molecule has 1 aromatic rings. The number of nitrogens with zero attached hydrogens (tertiary/aromatic N) is 3. The Kier molecular flexibility index (Phi) is 3.34. The van der Waals surface area contributed by atoms with Crippen molar-refractivity contribution >= 4 is 11.6 Å². The zero-order valence-corrected chi connectivity index (χ0v) is 9.69. The van der Waals surface area contributed by atoms with Gasteiger partial charge >= 0.3 is 0 Å². The van der Waals surface area contributed by atoms with Crippen LogP contribution in [0, 0.1) is 0 Å². The monoisotopic (exact) mass is 210 g/mol. The van der Waals surface area contributed by atoms with Crippen molar-refractivity contribution < 1.29 is 4.79 Å². The van der Waals surface area contributed by atoms with Gasteiger partial charge in [-0.25, -0.2) is 0 Å². The van der Waals surface area contributed by atoms with Crippen molar-refractivity contribution in [3.8, 4) is 0 Å². The summed E-state index contributed by atoms with van der Waals surface area (Å²) >= 11 is 0. The van der Waals surface area contributed by atoms with Gasteiger partial charge in [0.05, 0.1) is 11.9 Å². The molecule has 0 aliphatic heterocycles. The predicted molar refractivity (Wildman–Crippen MR) is 59.5 cm³/mol. The van der Waals surface area contributed by atoms with Crippen LogP contribution in [0.2, 0.25) is 0 Å². The van der Waals surface area contributed by atoms with Crippen LogP contribution in [0.5, 0.6) is 0 Å². The van der Waals surface area contributed by atoms with Gasteiger partial charge in [-0.15, -0.1) is 0 Å². The van der Waals surface area contributed by atoms with Crippen molar-refractivity contribution in [2.24, 2.45) is 7.05 Å². The lowest BCUT2D eigenvalue weighted by Gasteiger charge is -2.25. The molecule has 2 N–H and O–H groups in total. The summed E-state index contributed by atoms with van der Waals surface area (Å²) in [7, 11) is 1.72. The second kappa shape index (κ2) is 4.33. The number of nitrogens with two attached hydrogens (primary N) is 1. The summed E-state index contributed by atoms with van der Waals surface area (Å²) in [5, 5.41) is 3.96. The molecule has 1 heterocycles. The molecule has 5 nitrogen and oxygen atoms in total. The van der Waals surface area contributed by atoms with Crippen molar-refractivity contribution in [2.45, 2.75) is 26.8 Å². The first-order valence-electron chi connectivity index (χ1n) is 5.07. The third-order valence-corrected chi connectivity index (χ3v) is 2.39. The van der Waals surface area contributed by atoms with Crippen LogP contribution in [-0.4, -0.2) is 33.2 Å². The van der Waals surface area contributed by atoms with E-state index in [9.17, 15) is 4.79 Å². The second-order valence-corrected chi connectivity index (χ2v) is 3.76. The van der Waals surface area contributed by atoms with Crippen LogP contribution in [-0.2, 0) is 7.05 Å². The number of rotatable bonds is 3. The van der Waals surface area contributed by atoms with Gasteiger partial charge in [0.2, 0.25) is 0 Å². The maximum atomic E-state index is 12.1. The Bertz CT molecular complexity index is 337. The highest BCUT2D eigenvalue weighted by atomic mass is 16.2. The molecule has 0 saturated carbocycles. The SMILES string of the molecule is CCN(C(=O)c1c(N)cnn1C)C(C)C. The van der Waals surface area contributed by atoms with Crippen molar-refractivity contribution in [3.63, 3.8) is 0 Å². The number of carbonyl (C=O) groups excluding carboxylic acids is 1. The maximum absolute atomic E-state index is 12.1. The predicted octanol–water partition coefficient (Wildman–Crippen LogP) is 0.873. The molecule has 0 aliphatic carbocycles. The number of nitrogen functional groups attached to an aromatic ring is 1. The topological polar surface area (TPSA) is 64.2 Å². The maximum Gasteiger partial charge on any atom is 0.274 e. The van der Waals surface area contributed by atoms with E-state index in [2.05, 4.69) is 5.10 Å². The molecule has 0 radical (unpaired) electrons. The van der Waals surface area contributed by atoms with Crippen LogP contribution >= 0.6 is 0 Å². The minimum absolute atomic E-state index is 0.0648. The molecule has 0 fully saturated rings. The highest BCUT2D eigenvalue weighted by Gasteiger charge is 2.22. The number of amides is 1. The van der Waals surface area contributed by atoms with Crippen LogP contribution in [0.3, 0.4) is 0 Å². The smallest absolute Gasteiger partial charge is 0.274 e. The Balaban J connectivity index is 3.03. The molecule has 1 rings (SSSR count). The molecule has 0 bridgehead atoms. The average Bonchev–Trinajstić information content (AvgIpc) is 2.46. The summed E-state index contributed by atoms with van der Waals surface area (Å²) in [5.74, 6) is -0.0648. The summed E-state index contributed by atoms with van der Waals surface area (Å²) in [6.07, 6.45) is 1.50. The van der Waals surface area contributed by atoms with Crippen LogP contribution < -0.4 is 5.73 Å². The first-order chi connectivity index (χ1) is 6.99. The van der Waals surface area contributed by atoms with Gasteiger partial charge in [-0.05, 0) is 20.8 Å². The van der Waals surface area contributed by atoms with Crippen LogP contribution in [0.15, 0.2) is 6.20 Å².